The first-order valence-corrected chi connectivity index (χ1v) is 18.0. The number of fused-ring (bicyclic) bond motifs is 9. The zero-order valence-corrected chi connectivity index (χ0v) is 29.7. The normalized spacial score (nSPS) is 11.9. The van der Waals surface area contributed by atoms with Crippen LogP contribution in [0, 0.1) is 0 Å². The Morgan fingerprint density at radius 1 is 0.353 bits per heavy atom. The van der Waals surface area contributed by atoms with Gasteiger partial charge in [0.1, 0.15) is 39.2 Å². The standard InChI is InChI=1S/C44H33B5N2/c45-39-40(46)42(48)44(43(49)41(39)47)51-35-21-18-25-9-2-4-12-30(25)38(35)33-22-32-31-13-5-6-15-34(31)50(36(32)23-37(33)51)27-19-16-26(17-20-27)29-14-7-10-24-8-1-3-11-28(24)29/h1-23H,45-49H2. The van der Waals surface area contributed by atoms with Gasteiger partial charge in [-0.15, -0.1) is 5.46 Å². The molecule has 0 radical (unpaired) electrons. The molecule has 0 aliphatic rings. The molecule has 51 heavy (non-hydrogen) atoms. The number of hydrogen-bond acceptors (Lipinski definition) is 0. The maximum Gasteiger partial charge on any atom is 0.141 e. The fourth-order valence-electron chi connectivity index (χ4n) is 8.85. The van der Waals surface area contributed by atoms with Crippen molar-refractivity contribution in [2.45, 2.75) is 0 Å². The predicted octanol–water partition coefficient (Wildman–Crippen LogP) is 3.15. The van der Waals surface area contributed by atoms with Crippen LogP contribution in [-0.4, -0.2) is 48.4 Å². The van der Waals surface area contributed by atoms with Gasteiger partial charge in [0, 0.05) is 32.9 Å². The summed E-state index contributed by atoms with van der Waals surface area (Å²) in [6.45, 7) is 0. The summed E-state index contributed by atoms with van der Waals surface area (Å²) < 4.78 is 5.02. The fraction of sp³-hybridized carbons (Fsp3) is 0. The van der Waals surface area contributed by atoms with Crippen LogP contribution >= 0.6 is 0 Å². The minimum atomic E-state index is 1.16. The molecule has 0 amide bonds. The Morgan fingerprint density at radius 2 is 0.941 bits per heavy atom. The second kappa shape index (κ2) is 11.1. The van der Waals surface area contributed by atoms with Crippen LogP contribution in [0.15, 0.2) is 140 Å². The van der Waals surface area contributed by atoms with E-state index in [1.54, 1.807) is 0 Å². The zero-order chi connectivity index (χ0) is 34.5. The van der Waals surface area contributed by atoms with Crippen molar-refractivity contribution in [2.75, 3.05) is 0 Å². The third kappa shape index (κ3) is 4.24. The maximum atomic E-state index is 2.56. The van der Waals surface area contributed by atoms with Crippen LogP contribution in [0.4, 0.5) is 0 Å². The van der Waals surface area contributed by atoms with Crippen molar-refractivity contribution in [1.82, 2.24) is 9.13 Å². The van der Waals surface area contributed by atoms with Crippen LogP contribution in [0.3, 0.4) is 0 Å². The van der Waals surface area contributed by atoms with Crippen molar-refractivity contribution in [2.24, 2.45) is 0 Å². The summed E-state index contributed by atoms with van der Waals surface area (Å²) in [5, 5.41) is 10.2. The second-order valence-electron chi connectivity index (χ2n) is 14.3. The Kier molecular flexibility index (Phi) is 6.55. The highest BCUT2D eigenvalue weighted by molar-refractivity contribution is 6.68. The van der Waals surface area contributed by atoms with Gasteiger partial charge < -0.3 is 9.13 Å². The molecule has 0 fully saturated rings. The quantitative estimate of drug-likeness (QED) is 0.262. The second-order valence-corrected chi connectivity index (χ2v) is 14.3. The molecule has 10 rings (SSSR count). The summed E-state index contributed by atoms with van der Waals surface area (Å²) in [4.78, 5) is 0. The number of aromatic nitrogens is 2. The molecule has 0 saturated carbocycles. The largest absolute Gasteiger partial charge is 0.310 e. The van der Waals surface area contributed by atoms with E-state index in [2.05, 4.69) is 188 Å². The van der Waals surface area contributed by atoms with E-state index < -0.39 is 0 Å². The lowest BCUT2D eigenvalue weighted by Gasteiger charge is -2.22. The van der Waals surface area contributed by atoms with Gasteiger partial charge in [0.05, 0.1) is 22.1 Å². The lowest BCUT2D eigenvalue weighted by atomic mass is 9.61. The summed E-state index contributed by atoms with van der Waals surface area (Å²) in [5.74, 6) is 0. The molecule has 0 N–H and O–H groups in total. The van der Waals surface area contributed by atoms with Gasteiger partial charge in [-0.1, -0.05) is 125 Å². The molecule has 0 atom stereocenters. The summed E-state index contributed by atoms with van der Waals surface area (Å²) in [7, 11) is 11.4. The SMILES string of the molecule is Bc1c(B)c(B)c(-n2c3cc4c(cc3c3c5ccccc5ccc32)c2ccccc2n4-c2ccc(-c3cccc4ccccc34)cc2)c(B)c1B. The van der Waals surface area contributed by atoms with Gasteiger partial charge in [0.25, 0.3) is 0 Å². The van der Waals surface area contributed by atoms with Gasteiger partial charge in [-0.05, 0) is 69.1 Å². The lowest BCUT2D eigenvalue weighted by Crippen LogP contribution is -2.56. The Hall–Kier alpha value is -5.80. The van der Waals surface area contributed by atoms with Crippen molar-refractivity contribution in [1.29, 1.82) is 0 Å². The Labute approximate surface area is 301 Å². The number of rotatable bonds is 3. The number of benzene rings is 8. The molecule has 0 saturated heterocycles. The summed E-state index contributed by atoms with van der Waals surface area (Å²) in [5.41, 5.74) is 16.7. The van der Waals surface area contributed by atoms with Gasteiger partial charge in [-0.25, -0.2) is 0 Å². The van der Waals surface area contributed by atoms with E-state index in [-0.39, 0.29) is 0 Å². The first-order valence-electron chi connectivity index (χ1n) is 18.0. The molecule has 2 aromatic heterocycles. The topological polar surface area (TPSA) is 9.86 Å². The Balaban J connectivity index is 1.31. The highest BCUT2D eigenvalue weighted by atomic mass is 15.0. The molecule has 0 aliphatic heterocycles. The van der Waals surface area contributed by atoms with Gasteiger partial charge in [-0.2, -0.15) is 0 Å². The highest BCUT2D eigenvalue weighted by Gasteiger charge is 2.22. The molecule has 2 nitrogen and oxygen atoms in total. The molecule has 0 bridgehead atoms. The van der Waals surface area contributed by atoms with E-state index in [0.29, 0.717) is 0 Å². The molecule has 0 aliphatic carbocycles. The van der Waals surface area contributed by atoms with Crippen LogP contribution in [0.1, 0.15) is 0 Å². The van der Waals surface area contributed by atoms with Crippen molar-refractivity contribution in [3.05, 3.63) is 140 Å². The fourth-order valence-corrected chi connectivity index (χ4v) is 8.85. The molecule has 234 valence electrons. The van der Waals surface area contributed by atoms with E-state index in [1.807, 2.05) is 0 Å². The molecule has 8 aromatic carbocycles. The van der Waals surface area contributed by atoms with E-state index in [1.165, 1.54) is 109 Å². The summed E-state index contributed by atoms with van der Waals surface area (Å²) in [6, 6.07) is 51.7. The minimum Gasteiger partial charge on any atom is -0.310 e. The van der Waals surface area contributed by atoms with Crippen LogP contribution in [-0.2, 0) is 0 Å². The van der Waals surface area contributed by atoms with E-state index >= 15 is 0 Å². The predicted molar refractivity (Wildman–Crippen MR) is 236 cm³/mol. The van der Waals surface area contributed by atoms with Crippen LogP contribution in [0.25, 0.3) is 87.7 Å². The van der Waals surface area contributed by atoms with Crippen LogP contribution in [0.2, 0.25) is 0 Å². The summed E-state index contributed by atoms with van der Waals surface area (Å²) >= 11 is 0. The highest BCUT2D eigenvalue weighted by Crippen LogP contribution is 2.41. The van der Waals surface area contributed by atoms with E-state index in [0.717, 1.165) is 5.69 Å². The van der Waals surface area contributed by atoms with Gasteiger partial charge >= 0.3 is 0 Å². The third-order valence-corrected chi connectivity index (χ3v) is 11.9. The molecule has 0 unspecified atom stereocenters. The molecule has 2 heterocycles. The number of nitrogens with zero attached hydrogens (tertiary/aromatic N) is 2. The Morgan fingerprint density at radius 3 is 1.69 bits per heavy atom. The average Bonchev–Trinajstić information content (AvgIpc) is 3.67. The van der Waals surface area contributed by atoms with E-state index in [4.69, 9.17) is 0 Å². The number of para-hydroxylation sites is 1. The lowest BCUT2D eigenvalue weighted by molar-refractivity contribution is 1.17. The van der Waals surface area contributed by atoms with Crippen molar-refractivity contribution < 1.29 is 0 Å². The van der Waals surface area contributed by atoms with Crippen molar-refractivity contribution in [3.8, 4) is 22.5 Å². The van der Waals surface area contributed by atoms with Gasteiger partial charge in [0.2, 0.25) is 0 Å². The first kappa shape index (κ1) is 30.1. The minimum absolute atomic E-state index is 1.16. The maximum absolute atomic E-state index is 2.56. The third-order valence-electron chi connectivity index (χ3n) is 11.9. The van der Waals surface area contributed by atoms with Crippen LogP contribution in [0.5, 0.6) is 0 Å². The van der Waals surface area contributed by atoms with Crippen LogP contribution < -0.4 is 27.3 Å². The summed E-state index contributed by atoms with van der Waals surface area (Å²) in [6.07, 6.45) is 0. The molecule has 10 aromatic rings. The van der Waals surface area contributed by atoms with E-state index in [9.17, 15) is 0 Å². The zero-order valence-electron chi connectivity index (χ0n) is 29.7. The molecule has 0 spiro atoms. The van der Waals surface area contributed by atoms with Gasteiger partial charge in [0.15, 0.2) is 0 Å². The van der Waals surface area contributed by atoms with Crippen molar-refractivity contribution >= 4 is 132 Å². The average molecular weight is 644 g/mol. The monoisotopic (exact) mass is 644 g/mol. The first-order chi connectivity index (χ1) is 24.9. The molecular formula is C44H33B5N2. The smallest absolute Gasteiger partial charge is 0.141 e. The number of hydrogen-bond donors (Lipinski definition) is 0. The van der Waals surface area contributed by atoms with Crippen molar-refractivity contribution in [3.63, 3.8) is 0 Å². The van der Waals surface area contributed by atoms with Gasteiger partial charge in [-0.3, -0.25) is 0 Å². The molecular weight excluding hydrogens is 611 g/mol. The molecule has 7 heteroatoms. The Bertz CT molecular complexity index is 3050.